The summed E-state index contributed by atoms with van der Waals surface area (Å²) in [5, 5.41) is 7.21. The van der Waals surface area contributed by atoms with Gasteiger partial charge in [0.15, 0.2) is 0 Å². The van der Waals surface area contributed by atoms with Gasteiger partial charge in [-0.05, 0) is 31.9 Å². The standard InChI is InChI=1S/C13H16N4O/c1-9-12-10(16-15-9)2-3-11(14-12)17-6-7-18-8-13(17)4-5-13/h2-3H,4-8H2,1H3,(H,15,16). The Morgan fingerprint density at radius 1 is 1.39 bits per heavy atom. The number of morpholine rings is 1. The van der Waals surface area contributed by atoms with E-state index in [2.05, 4.69) is 21.2 Å². The number of hydrogen-bond donors (Lipinski definition) is 1. The number of pyridine rings is 1. The van der Waals surface area contributed by atoms with E-state index >= 15 is 0 Å². The minimum absolute atomic E-state index is 0.233. The monoisotopic (exact) mass is 244 g/mol. The minimum atomic E-state index is 0.233. The molecule has 94 valence electrons. The number of anilines is 1. The number of nitrogens with zero attached hydrogens (tertiary/aromatic N) is 3. The molecule has 1 aliphatic heterocycles. The molecule has 0 amide bonds. The van der Waals surface area contributed by atoms with Gasteiger partial charge in [0, 0.05) is 6.54 Å². The van der Waals surface area contributed by atoms with E-state index in [0.717, 1.165) is 42.3 Å². The zero-order valence-electron chi connectivity index (χ0n) is 10.4. The molecule has 2 aromatic heterocycles. The third-order valence-corrected chi connectivity index (χ3v) is 4.06. The van der Waals surface area contributed by atoms with E-state index in [1.165, 1.54) is 12.8 Å². The normalized spacial score (nSPS) is 21.7. The van der Waals surface area contributed by atoms with Gasteiger partial charge in [-0.1, -0.05) is 0 Å². The highest BCUT2D eigenvalue weighted by Gasteiger charge is 2.50. The predicted octanol–water partition coefficient (Wildman–Crippen LogP) is 1.64. The Bertz CT molecular complexity index is 602. The van der Waals surface area contributed by atoms with Crippen LogP contribution in [0.2, 0.25) is 0 Å². The third-order valence-electron chi connectivity index (χ3n) is 4.06. The van der Waals surface area contributed by atoms with Gasteiger partial charge in [0.25, 0.3) is 0 Å². The molecule has 5 heteroatoms. The lowest BCUT2D eigenvalue weighted by atomic mass is 10.2. The highest BCUT2D eigenvalue weighted by Crippen LogP contribution is 2.45. The SMILES string of the molecule is Cc1[nH]nc2ccc(N3CCOCC34CC4)nc12. The Morgan fingerprint density at radius 3 is 3.11 bits per heavy atom. The molecule has 18 heavy (non-hydrogen) atoms. The highest BCUT2D eigenvalue weighted by molar-refractivity contribution is 5.78. The maximum Gasteiger partial charge on any atom is 0.130 e. The van der Waals surface area contributed by atoms with Crippen molar-refractivity contribution in [3.05, 3.63) is 17.8 Å². The number of fused-ring (bicyclic) bond motifs is 1. The van der Waals surface area contributed by atoms with Crippen molar-refractivity contribution in [1.82, 2.24) is 15.2 Å². The number of aromatic amines is 1. The number of ether oxygens (including phenoxy) is 1. The maximum atomic E-state index is 5.61. The molecule has 0 bridgehead atoms. The second kappa shape index (κ2) is 3.45. The molecule has 0 radical (unpaired) electrons. The fraction of sp³-hybridized carbons (Fsp3) is 0.538. The summed E-state index contributed by atoms with van der Waals surface area (Å²) in [6.07, 6.45) is 2.44. The van der Waals surface area contributed by atoms with Crippen molar-refractivity contribution in [2.45, 2.75) is 25.3 Å². The number of nitrogens with one attached hydrogen (secondary N) is 1. The van der Waals surface area contributed by atoms with Crippen molar-refractivity contribution in [2.24, 2.45) is 0 Å². The Kier molecular flexibility index (Phi) is 1.97. The molecule has 0 unspecified atom stereocenters. The van der Waals surface area contributed by atoms with Crippen LogP contribution in [0.4, 0.5) is 5.82 Å². The van der Waals surface area contributed by atoms with E-state index in [1.807, 2.05) is 13.0 Å². The molecular weight excluding hydrogens is 228 g/mol. The second-order valence-electron chi connectivity index (χ2n) is 5.31. The first-order chi connectivity index (χ1) is 8.78. The van der Waals surface area contributed by atoms with E-state index in [4.69, 9.17) is 9.72 Å². The molecule has 2 aliphatic rings. The van der Waals surface area contributed by atoms with Crippen molar-refractivity contribution in [3.8, 4) is 0 Å². The van der Waals surface area contributed by atoms with Crippen molar-refractivity contribution >= 4 is 16.9 Å². The van der Waals surface area contributed by atoms with Gasteiger partial charge in [0.1, 0.15) is 16.9 Å². The fourth-order valence-corrected chi connectivity index (χ4v) is 2.80. The van der Waals surface area contributed by atoms with Crippen molar-refractivity contribution in [2.75, 3.05) is 24.7 Å². The number of aryl methyl sites for hydroxylation is 1. The average molecular weight is 244 g/mol. The molecule has 4 rings (SSSR count). The van der Waals surface area contributed by atoms with E-state index in [9.17, 15) is 0 Å². The van der Waals surface area contributed by atoms with E-state index in [0.29, 0.717) is 0 Å². The summed E-state index contributed by atoms with van der Waals surface area (Å²) in [7, 11) is 0. The van der Waals surface area contributed by atoms with Crippen LogP contribution in [0.1, 0.15) is 18.5 Å². The third kappa shape index (κ3) is 1.37. The van der Waals surface area contributed by atoms with Crippen molar-refractivity contribution in [3.63, 3.8) is 0 Å². The number of hydrogen-bond acceptors (Lipinski definition) is 4. The quantitative estimate of drug-likeness (QED) is 0.828. The van der Waals surface area contributed by atoms with Crippen molar-refractivity contribution in [1.29, 1.82) is 0 Å². The molecule has 0 atom stereocenters. The Labute approximate surface area is 105 Å². The molecule has 2 fully saturated rings. The summed E-state index contributed by atoms with van der Waals surface area (Å²) in [6, 6.07) is 4.13. The smallest absolute Gasteiger partial charge is 0.130 e. The Hall–Kier alpha value is -1.62. The fourth-order valence-electron chi connectivity index (χ4n) is 2.80. The molecule has 1 aliphatic carbocycles. The first kappa shape index (κ1) is 10.3. The van der Waals surface area contributed by atoms with E-state index < -0.39 is 0 Å². The first-order valence-corrected chi connectivity index (χ1v) is 6.46. The zero-order chi connectivity index (χ0) is 12.2. The predicted molar refractivity (Wildman–Crippen MR) is 68.8 cm³/mol. The minimum Gasteiger partial charge on any atom is -0.377 e. The lowest BCUT2D eigenvalue weighted by Gasteiger charge is -2.37. The molecule has 1 spiro atoms. The van der Waals surface area contributed by atoms with Gasteiger partial charge in [0.05, 0.1) is 24.4 Å². The molecule has 3 heterocycles. The summed E-state index contributed by atoms with van der Waals surface area (Å²) < 4.78 is 5.61. The van der Waals surface area contributed by atoms with Crippen LogP contribution in [0.15, 0.2) is 12.1 Å². The van der Waals surface area contributed by atoms with Crippen LogP contribution in [0, 0.1) is 6.92 Å². The lowest BCUT2D eigenvalue weighted by molar-refractivity contribution is 0.0860. The highest BCUT2D eigenvalue weighted by atomic mass is 16.5. The van der Waals surface area contributed by atoms with Crippen LogP contribution < -0.4 is 4.90 Å². The topological polar surface area (TPSA) is 54.0 Å². The lowest BCUT2D eigenvalue weighted by Crippen LogP contribution is -2.48. The average Bonchev–Trinajstić information content (AvgIpc) is 3.07. The van der Waals surface area contributed by atoms with Gasteiger partial charge < -0.3 is 9.64 Å². The number of aromatic nitrogens is 3. The van der Waals surface area contributed by atoms with Crippen molar-refractivity contribution < 1.29 is 4.74 Å². The van der Waals surface area contributed by atoms with Crippen LogP contribution >= 0.6 is 0 Å². The van der Waals surface area contributed by atoms with Gasteiger partial charge in [0.2, 0.25) is 0 Å². The summed E-state index contributed by atoms with van der Waals surface area (Å²) in [5.41, 5.74) is 3.19. The summed E-state index contributed by atoms with van der Waals surface area (Å²) in [6.45, 7) is 4.59. The molecule has 1 saturated heterocycles. The Balaban J connectivity index is 1.79. The molecule has 0 aromatic carbocycles. The van der Waals surface area contributed by atoms with Crippen LogP contribution in [0.3, 0.4) is 0 Å². The van der Waals surface area contributed by atoms with Gasteiger partial charge >= 0.3 is 0 Å². The number of rotatable bonds is 1. The van der Waals surface area contributed by atoms with E-state index in [1.54, 1.807) is 0 Å². The van der Waals surface area contributed by atoms with Crippen LogP contribution in [-0.4, -0.2) is 40.5 Å². The molecule has 1 saturated carbocycles. The van der Waals surface area contributed by atoms with Gasteiger partial charge in [-0.15, -0.1) is 0 Å². The molecule has 1 N–H and O–H groups in total. The largest absolute Gasteiger partial charge is 0.377 e. The van der Waals surface area contributed by atoms with E-state index in [-0.39, 0.29) is 5.54 Å². The van der Waals surface area contributed by atoms with Crippen LogP contribution in [-0.2, 0) is 4.74 Å². The van der Waals surface area contributed by atoms with Gasteiger partial charge in [-0.25, -0.2) is 4.98 Å². The molecule has 5 nitrogen and oxygen atoms in total. The summed E-state index contributed by atoms with van der Waals surface area (Å²) in [5.74, 6) is 1.06. The second-order valence-corrected chi connectivity index (χ2v) is 5.31. The molecular formula is C13H16N4O. The summed E-state index contributed by atoms with van der Waals surface area (Å²) >= 11 is 0. The number of H-pyrrole nitrogens is 1. The van der Waals surface area contributed by atoms with Crippen LogP contribution in [0.25, 0.3) is 11.0 Å². The first-order valence-electron chi connectivity index (χ1n) is 6.46. The maximum absolute atomic E-state index is 5.61. The van der Waals surface area contributed by atoms with Gasteiger partial charge in [-0.2, -0.15) is 5.10 Å². The van der Waals surface area contributed by atoms with Crippen LogP contribution in [0.5, 0.6) is 0 Å². The Morgan fingerprint density at radius 2 is 2.28 bits per heavy atom. The van der Waals surface area contributed by atoms with Gasteiger partial charge in [-0.3, -0.25) is 5.10 Å². The zero-order valence-corrected chi connectivity index (χ0v) is 10.4. The molecule has 2 aromatic rings. The summed E-state index contributed by atoms with van der Waals surface area (Å²) in [4.78, 5) is 7.19.